The highest BCUT2D eigenvalue weighted by Gasteiger charge is 2.20. The summed E-state index contributed by atoms with van der Waals surface area (Å²) in [5, 5.41) is 2.57. The standard InChI is InChI=1S/C10H21N3O2/c1-5-13(6-2)10(15)8(4)12-9(14)7(3)11/h7-8H,5-6,11H2,1-4H3,(H,12,14)/t7-,8-/m0/s1. The molecule has 0 heterocycles. The van der Waals surface area contributed by atoms with E-state index in [1.54, 1.807) is 18.7 Å². The Bertz CT molecular complexity index is 225. The summed E-state index contributed by atoms with van der Waals surface area (Å²) < 4.78 is 0. The van der Waals surface area contributed by atoms with Crippen LogP contribution in [0.15, 0.2) is 0 Å². The molecule has 3 N–H and O–H groups in total. The van der Waals surface area contributed by atoms with Crippen molar-refractivity contribution in [3.8, 4) is 0 Å². The van der Waals surface area contributed by atoms with E-state index in [1.807, 2.05) is 13.8 Å². The smallest absolute Gasteiger partial charge is 0.244 e. The van der Waals surface area contributed by atoms with Gasteiger partial charge in [0.2, 0.25) is 11.8 Å². The van der Waals surface area contributed by atoms with Crippen LogP contribution >= 0.6 is 0 Å². The fraction of sp³-hybridized carbons (Fsp3) is 0.800. The second-order valence-electron chi connectivity index (χ2n) is 3.53. The highest BCUT2D eigenvalue weighted by molar-refractivity contribution is 5.89. The van der Waals surface area contributed by atoms with Crippen LogP contribution in [0.25, 0.3) is 0 Å². The molecule has 0 bridgehead atoms. The third-order valence-corrected chi connectivity index (χ3v) is 2.22. The summed E-state index contributed by atoms with van der Waals surface area (Å²) in [6, 6.07) is -1.10. The van der Waals surface area contributed by atoms with Gasteiger partial charge in [-0.1, -0.05) is 0 Å². The van der Waals surface area contributed by atoms with Gasteiger partial charge >= 0.3 is 0 Å². The lowest BCUT2D eigenvalue weighted by molar-refractivity contribution is -0.135. The zero-order chi connectivity index (χ0) is 12.0. The summed E-state index contributed by atoms with van der Waals surface area (Å²) >= 11 is 0. The molecule has 0 aromatic rings. The first-order valence-electron chi connectivity index (χ1n) is 5.28. The van der Waals surface area contributed by atoms with Crippen molar-refractivity contribution >= 4 is 11.8 Å². The highest BCUT2D eigenvalue weighted by atomic mass is 16.2. The number of carbonyl (C=O) groups excluding carboxylic acids is 2. The lowest BCUT2D eigenvalue weighted by Gasteiger charge is -2.23. The fourth-order valence-electron chi connectivity index (χ4n) is 1.22. The minimum absolute atomic E-state index is 0.0750. The van der Waals surface area contributed by atoms with Crippen LogP contribution in [-0.4, -0.2) is 41.9 Å². The normalized spacial score (nSPS) is 14.2. The Labute approximate surface area is 91.0 Å². The van der Waals surface area contributed by atoms with Gasteiger partial charge < -0.3 is 16.0 Å². The number of carbonyl (C=O) groups is 2. The first-order chi connectivity index (χ1) is 6.93. The number of nitrogens with two attached hydrogens (primary N) is 1. The number of hydrogen-bond donors (Lipinski definition) is 2. The summed E-state index contributed by atoms with van der Waals surface area (Å²) in [5.41, 5.74) is 5.39. The summed E-state index contributed by atoms with van der Waals surface area (Å²) in [6.45, 7) is 8.36. The molecule has 5 nitrogen and oxygen atoms in total. The molecule has 2 atom stereocenters. The summed E-state index contributed by atoms with van der Waals surface area (Å²) in [4.78, 5) is 24.7. The van der Waals surface area contributed by atoms with Crippen LogP contribution in [-0.2, 0) is 9.59 Å². The Morgan fingerprint density at radius 2 is 1.73 bits per heavy atom. The van der Waals surface area contributed by atoms with E-state index in [2.05, 4.69) is 5.32 Å². The molecule has 5 heteroatoms. The van der Waals surface area contributed by atoms with E-state index in [0.29, 0.717) is 13.1 Å². The molecule has 0 aliphatic carbocycles. The van der Waals surface area contributed by atoms with Crippen LogP contribution in [0, 0.1) is 0 Å². The maximum atomic E-state index is 11.7. The van der Waals surface area contributed by atoms with E-state index < -0.39 is 12.1 Å². The van der Waals surface area contributed by atoms with Crippen LogP contribution in [0.1, 0.15) is 27.7 Å². The quantitative estimate of drug-likeness (QED) is 0.661. The first kappa shape index (κ1) is 13.9. The van der Waals surface area contributed by atoms with E-state index in [0.717, 1.165) is 0 Å². The predicted octanol–water partition coefficient (Wildman–Crippen LogP) is -0.293. The maximum Gasteiger partial charge on any atom is 0.244 e. The Hall–Kier alpha value is -1.10. The van der Waals surface area contributed by atoms with Gasteiger partial charge in [-0.2, -0.15) is 0 Å². The molecule has 0 aliphatic rings. The van der Waals surface area contributed by atoms with Gasteiger partial charge in [0.25, 0.3) is 0 Å². The monoisotopic (exact) mass is 215 g/mol. The second-order valence-corrected chi connectivity index (χ2v) is 3.53. The van der Waals surface area contributed by atoms with Crippen LogP contribution in [0.5, 0.6) is 0 Å². The SMILES string of the molecule is CCN(CC)C(=O)[C@H](C)NC(=O)[C@H](C)N. The minimum Gasteiger partial charge on any atom is -0.343 e. The van der Waals surface area contributed by atoms with Crippen molar-refractivity contribution in [3.05, 3.63) is 0 Å². The van der Waals surface area contributed by atoms with E-state index in [-0.39, 0.29) is 11.8 Å². The second kappa shape index (κ2) is 6.40. The lowest BCUT2D eigenvalue weighted by atomic mass is 10.2. The molecule has 0 radical (unpaired) electrons. The molecule has 0 aromatic carbocycles. The largest absolute Gasteiger partial charge is 0.343 e. The van der Waals surface area contributed by atoms with Gasteiger partial charge in [0.15, 0.2) is 0 Å². The maximum absolute atomic E-state index is 11.7. The summed E-state index contributed by atoms with van der Waals surface area (Å²) in [5.74, 6) is -0.378. The topological polar surface area (TPSA) is 75.4 Å². The molecule has 0 saturated heterocycles. The number of nitrogens with zero attached hydrogens (tertiary/aromatic N) is 1. The molecular weight excluding hydrogens is 194 g/mol. The Morgan fingerprint density at radius 3 is 2.07 bits per heavy atom. The number of rotatable bonds is 5. The lowest BCUT2D eigenvalue weighted by Crippen LogP contribution is -2.50. The van der Waals surface area contributed by atoms with Crippen molar-refractivity contribution < 1.29 is 9.59 Å². The first-order valence-corrected chi connectivity index (χ1v) is 5.28. The van der Waals surface area contributed by atoms with Crippen molar-refractivity contribution in [1.29, 1.82) is 0 Å². The molecule has 0 rings (SSSR count). The number of hydrogen-bond acceptors (Lipinski definition) is 3. The van der Waals surface area contributed by atoms with Gasteiger partial charge in [0, 0.05) is 13.1 Å². The van der Waals surface area contributed by atoms with Crippen molar-refractivity contribution in [2.45, 2.75) is 39.8 Å². The molecule has 0 aliphatic heterocycles. The van der Waals surface area contributed by atoms with E-state index >= 15 is 0 Å². The van der Waals surface area contributed by atoms with Crippen LogP contribution in [0.3, 0.4) is 0 Å². The predicted molar refractivity (Wildman–Crippen MR) is 59.2 cm³/mol. The Balaban J connectivity index is 4.26. The van der Waals surface area contributed by atoms with E-state index in [1.165, 1.54) is 0 Å². The number of nitrogens with one attached hydrogen (secondary N) is 1. The van der Waals surface area contributed by atoms with Crippen molar-refractivity contribution in [3.63, 3.8) is 0 Å². The Morgan fingerprint density at radius 1 is 1.27 bits per heavy atom. The molecule has 0 spiro atoms. The molecule has 88 valence electrons. The van der Waals surface area contributed by atoms with Gasteiger partial charge in [-0.15, -0.1) is 0 Å². The van der Waals surface area contributed by atoms with Gasteiger partial charge in [-0.05, 0) is 27.7 Å². The van der Waals surface area contributed by atoms with Crippen molar-refractivity contribution in [1.82, 2.24) is 10.2 Å². The third kappa shape index (κ3) is 4.29. The van der Waals surface area contributed by atoms with Crippen LogP contribution in [0.2, 0.25) is 0 Å². The number of amides is 2. The summed E-state index contributed by atoms with van der Waals surface area (Å²) in [6.07, 6.45) is 0. The highest BCUT2D eigenvalue weighted by Crippen LogP contribution is 1.95. The van der Waals surface area contributed by atoms with Crippen LogP contribution < -0.4 is 11.1 Å². The summed E-state index contributed by atoms with van der Waals surface area (Å²) in [7, 11) is 0. The minimum atomic E-state index is -0.586. The van der Waals surface area contributed by atoms with Gasteiger partial charge in [0.05, 0.1) is 6.04 Å². The molecule has 0 unspecified atom stereocenters. The third-order valence-electron chi connectivity index (χ3n) is 2.22. The van der Waals surface area contributed by atoms with Crippen molar-refractivity contribution in [2.75, 3.05) is 13.1 Å². The molecule has 2 amide bonds. The van der Waals surface area contributed by atoms with Crippen molar-refractivity contribution in [2.24, 2.45) is 5.73 Å². The van der Waals surface area contributed by atoms with Gasteiger partial charge in [-0.3, -0.25) is 9.59 Å². The average molecular weight is 215 g/mol. The van der Waals surface area contributed by atoms with Gasteiger partial charge in [-0.25, -0.2) is 0 Å². The zero-order valence-corrected chi connectivity index (χ0v) is 9.91. The van der Waals surface area contributed by atoms with E-state index in [9.17, 15) is 9.59 Å². The molecule has 0 saturated carbocycles. The molecule has 15 heavy (non-hydrogen) atoms. The fourth-order valence-corrected chi connectivity index (χ4v) is 1.22. The number of likely N-dealkylation sites (N-methyl/N-ethyl adjacent to an activating group) is 1. The molecular formula is C10H21N3O2. The van der Waals surface area contributed by atoms with E-state index in [4.69, 9.17) is 5.73 Å². The Kier molecular flexibility index (Phi) is 5.93. The van der Waals surface area contributed by atoms with Crippen LogP contribution in [0.4, 0.5) is 0 Å². The van der Waals surface area contributed by atoms with Gasteiger partial charge in [0.1, 0.15) is 6.04 Å². The molecule has 0 fully saturated rings. The average Bonchev–Trinajstić information content (AvgIpc) is 2.19. The molecule has 0 aromatic heterocycles. The zero-order valence-electron chi connectivity index (χ0n) is 9.91.